The van der Waals surface area contributed by atoms with Crippen LogP contribution < -0.4 is 14.8 Å². The molecule has 3 rings (SSSR count). The molecule has 1 saturated carbocycles. The molecule has 30 heavy (non-hydrogen) atoms. The molecule has 162 valence electrons. The molecule has 0 radical (unpaired) electrons. The molecule has 0 atom stereocenters. The average Bonchev–Trinajstić information content (AvgIpc) is 2.64. The van der Waals surface area contributed by atoms with Gasteiger partial charge < -0.3 is 10.1 Å². The first-order valence-electron chi connectivity index (χ1n) is 9.77. The standard InChI is InChI=1S/C22H27ClN2O4S/c1-22(2,3)21(26)24-19-13-18(29-4)9-10-20(19)30(27,28)25-17-11-15(12-17)14-5-7-16(23)8-6-14/h5-10,13,15,17,25H,11-12H2,1-4H3,(H,24,26). The maximum Gasteiger partial charge on any atom is 0.242 e. The van der Waals surface area contributed by atoms with Crippen LogP contribution in [0.2, 0.25) is 5.02 Å². The van der Waals surface area contributed by atoms with Crippen LogP contribution in [0.4, 0.5) is 5.69 Å². The van der Waals surface area contributed by atoms with Gasteiger partial charge >= 0.3 is 0 Å². The lowest BCUT2D eigenvalue weighted by molar-refractivity contribution is -0.123. The summed E-state index contributed by atoms with van der Waals surface area (Å²) in [5.41, 5.74) is 0.685. The van der Waals surface area contributed by atoms with Gasteiger partial charge in [-0.2, -0.15) is 0 Å². The molecule has 1 aliphatic carbocycles. The van der Waals surface area contributed by atoms with Crippen LogP contribution in [0.5, 0.6) is 5.75 Å². The van der Waals surface area contributed by atoms with Crippen molar-refractivity contribution < 1.29 is 17.9 Å². The summed E-state index contributed by atoms with van der Waals surface area (Å²) in [4.78, 5) is 12.5. The average molecular weight is 451 g/mol. The fourth-order valence-electron chi connectivity index (χ4n) is 3.28. The summed E-state index contributed by atoms with van der Waals surface area (Å²) in [5.74, 6) is 0.481. The highest BCUT2D eigenvalue weighted by Gasteiger charge is 2.34. The van der Waals surface area contributed by atoms with Crippen molar-refractivity contribution >= 4 is 33.2 Å². The molecule has 2 aromatic rings. The number of halogens is 1. The van der Waals surface area contributed by atoms with Gasteiger partial charge in [0.1, 0.15) is 10.6 Å². The zero-order valence-electron chi connectivity index (χ0n) is 17.5. The summed E-state index contributed by atoms with van der Waals surface area (Å²) < 4.78 is 34.1. The summed E-state index contributed by atoms with van der Waals surface area (Å²) in [6.07, 6.45) is 1.42. The molecule has 1 amide bonds. The SMILES string of the molecule is COc1ccc(S(=O)(=O)NC2CC(c3ccc(Cl)cc3)C2)c(NC(=O)C(C)(C)C)c1. The lowest BCUT2D eigenvalue weighted by Gasteiger charge is -2.36. The van der Waals surface area contributed by atoms with Crippen molar-refractivity contribution in [3.8, 4) is 5.75 Å². The topological polar surface area (TPSA) is 84.5 Å². The highest BCUT2D eigenvalue weighted by molar-refractivity contribution is 7.89. The summed E-state index contributed by atoms with van der Waals surface area (Å²) in [7, 11) is -2.33. The van der Waals surface area contributed by atoms with Gasteiger partial charge in [0.05, 0.1) is 12.8 Å². The van der Waals surface area contributed by atoms with Gasteiger partial charge in [0, 0.05) is 22.5 Å². The smallest absolute Gasteiger partial charge is 0.242 e. The van der Waals surface area contributed by atoms with E-state index in [1.165, 1.54) is 19.2 Å². The predicted molar refractivity (Wildman–Crippen MR) is 119 cm³/mol. The molecule has 1 aliphatic rings. The van der Waals surface area contributed by atoms with Crippen LogP contribution in [0.3, 0.4) is 0 Å². The van der Waals surface area contributed by atoms with Crippen molar-refractivity contribution in [3.63, 3.8) is 0 Å². The number of methoxy groups -OCH3 is 1. The Morgan fingerprint density at radius 1 is 1.10 bits per heavy atom. The Kier molecular flexibility index (Phi) is 6.45. The van der Waals surface area contributed by atoms with Gasteiger partial charge in [-0.05, 0) is 48.6 Å². The lowest BCUT2D eigenvalue weighted by atomic mass is 9.76. The van der Waals surface area contributed by atoms with Crippen molar-refractivity contribution in [1.82, 2.24) is 4.72 Å². The van der Waals surface area contributed by atoms with Crippen molar-refractivity contribution in [2.75, 3.05) is 12.4 Å². The van der Waals surface area contributed by atoms with E-state index in [0.717, 1.165) is 5.56 Å². The van der Waals surface area contributed by atoms with Crippen LogP contribution in [0.25, 0.3) is 0 Å². The molecule has 1 fully saturated rings. The minimum Gasteiger partial charge on any atom is -0.497 e. The van der Waals surface area contributed by atoms with Gasteiger partial charge in [0.25, 0.3) is 0 Å². The molecule has 2 N–H and O–H groups in total. The number of amides is 1. The van der Waals surface area contributed by atoms with Crippen LogP contribution in [0.15, 0.2) is 47.4 Å². The molecule has 0 spiro atoms. The van der Waals surface area contributed by atoms with Crippen LogP contribution in [-0.2, 0) is 14.8 Å². The van der Waals surface area contributed by atoms with E-state index in [9.17, 15) is 13.2 Å². The normalized spacial score (nSPS) is 19.1. The van der Waals surface area contributed by atoms with E-state index < -0.39 is 15.4 Å². The monoisotopic (exact) mass is 450 g/mol. The Hall–Kier alpha value is -2.09. The number of ether oxygens (including phenoxy) is 1. The minimum atomic E-state index is -3.82. The van der Waals surface area contributed by atoms with Crippen LogP contribution >= 0.6 is 11.6 Å². The Labute approximate surface area is 183 Å². The number of anilines is 1. The zero-order chi connectivity index (χ0) is 22.1. The van der Waals surface area contributed by atoms with E-state index in [0.29, 0.717) is 29.5 Å². The molecule has 8 heteroatoms. The van der Waals surface area contributed by atoms with Crippen LogP contribution in [0, 0.1) is 5.41 Å². The highest BCUT2D eigenvalue weighted by atomic mass is 35.5. The van der Waals surface area contributed by atoms with Crippen molar-refractivity contribution in [2.24, 2.45) is 5.41 Å². The second-order valence-corrected chi connectivity index (χ2v) is 10.7. The maximum absolute atomic E-state index is 13.1. The van der Waals surface area contributed by atoms with Gasteiger partial charge in [0.2, 0.25) is 15.9 Å². The lowest BCUT2D eigenvalue weighted by Crippen LogP contribution is -2.43. The zero-order valence-corrected chi connectivity index (χ0v) is 19.1. The first kappa shape index (κ1) is 22.6. The number of hydrogen-bond acceptors (Lipinski definition) is 4. The minimum absolute atomic E-state index is 0.0239. The van der Waals surface area contributed by atoms with Gasteiger partial charge in [-0.25, -0.2) is 13.1 Å². The van der Waals surface area contributed by atoms with E-state index in [4.69, 9.17) is 16.3 Å². The van der Waals surface area contributed by atoms with Crippen LogP contribution in [-0.4, -0.2) is 27.5 Å². The van der Waals surface area contributed by atoms with Gasteiger partial charge in [-0.1, -0.05) is 44.5 Å². The second-order valence-electron chi connectivity index (χ2n) is 8.60. The Bertz CT molecular complexity index is 1020. The summed E-state index contributed by atoms with van der Waals surface area (Å²) in [6, 6.07) is 12.0. The number of hydrogen-bond donors (Lipinski definition) is 2. The Morgan fingerprint density at radius 2 is 1.73 bits per heavy atom. The fraction of sp³-hybridized carbons (Fsp3) is 0.409. The first-order valence-corrected chi connectivity index (χ1v) is 11.6. The fourth-order valence-corrected chi connectivity index (χ4v) is 4.81. The third-order valence-corrected chi connectivity index (χ3v) is 7.04. The van der Waals surface area contributed by atoms with Crippen molar-refractivity contribution in [1.29, 1.82) is 0 Å². The largest absolute Gasteiger partial charge is 0.497 e. The van der Waals surface area contributed by atoms with Crippen molar-refractivity contribution in [2.45, 2.75) is 50.5 Å². The van der Waals surface area contributed by atoms with Gasteiger partial charge in [-0.15, -0.1) is 0 Å². The molecular weight excluding hydrogens is 424 g/mol. The van der Waals surface area contributed by atoms with Crippen molar-refractivity contribution in [3.05, 3.63) is 53.1 Å². The second kappa shape index (κ2) is 8.57. The van der Waals surface area contributed by atoms with E-state index in [2.05, 4.69) is 10.0 Å². The summed E-state index contributed by atoms with van der Waals surface area (Å²) in [5, 5.41) is 3.41. The number of carbonyl (C=O) groups excluding carboxylic acids is 1. The molecule has 2 aromatic carbocycles. The maximum atomic E-state index is 13.1. The van der Waals surface area contributed by atoms with Gasteiger partial charge in [-0.3, -0.25) is 4.79 Å². The summed E-state index contributed by atoms with van der Waals surface area (Å²) >= 11 is 5.93. The van der Waals surface area contributed by atoms with E-state index in [-0.39, 0.29) is 22.5 Å². The molecule has 6 nitrogen and oxygen atoms in total. The molecule has 0 unspecified atom stereocenters. The number of benzene rings is 2. The van der Waals surface area contributed by atoms with E-state index in [1.807, 2.05) is 24.3 Å². The molecular formula is C22H27ClN2O4S. The third kappa shape index (κ3) is 5.14. The number of nitrogens with one attached hydrogen (secondary N) is 2. The first-order chi connectivity index (χ1) is 14.0. The molecule has 0 heterocycles. The quantitative estimate of drug-likeness (QED) is 0.675. The van der Waals surface area contributed by atoms with E-state index >= 15 is 0 Å². The molecule has 0 aromatic heterocycles. The number of sulfonamides is 1. The Morgan fingerprint density at radius 3 is 2.30 bits per heavy atom. The molecule has 0 saturated heterocycles. The number of carbonyl (C=O) groups is 1. The Balaban J connectivity index is 1.75. The van der Waals surface area contributed by atoms with Gasteiger partial charge in [0.15, 0.2) is 0 Å². The van der Waals surface area contributed by atoms with Crippen LogP contribution in [0.1, 0.15) is 45.1 Å². The highest BCUT2D eigenvalue weighted by Crippen LogP contribution is 2.38. The summed E-state index contributed by atoms with van der Waals surface area (Å²) in [6.45, 7) is 5.29. The van der Waals surface area contributed by atoms with E-state index in [1.54, 1.807) is 26.8 Å². The predicted octanol–water partition coefficient (Wildman–Crippen LogP) is 4.56. The third-order valence-electron chi connectivity index (χ3n) is 5.21. The molecule has 0 bridgehead atoms. The number of rotatable bonds is 6. The molecule has 0 aliphatic heterocycles.